The molecule has 0 aliphatic rings. The molecule has 0 saturated heterocycles. The van der Waals surface area contributed by atoms with Gasteiger partial charge in [-0.25, -0.2) is 9.67 Å². The lowest BCUT2D eigenvalue weighted by molar-refractivity contribution is 0.775. The Morgan fingerprint density at radius 3 is 2.60 bits per heavy atom. The smallest absolute Gasteiger partial charge is 0.164 e. The average Bonchev–Trinajstić information content (AvgIpc) is 2.95. The number of rotatable bonds is 4. The molecule has 0 amide bonds. The molecule has 6 heteroatoms. The van der Waals surface area contributed by atoms with E-state index in [0.29, 0.717) is 16.2 Å². The number of anilines is 1. The van der Waals surface area contributed by atoms with Crippen LogP contribution < -0.4 is 5.32 Å². The van der Waals surface area contributed by atoms with Gasteiger partial charge < -0.3 is 5.32 Å². The largest absolute Gasteiger partial charge is 0.381 e. The first kappa shape index (κ1) is 17.2. The second kappa shape index (κ2) is 6.73. The van der Waals surface area contributed by atoms with Crippen LogP contribution in [0.4, 0.5) is 5.69 Å². The van der Waals surface area contributed by atoms with Crippen molar-refractivity contribution in [3.05, 3.63) is 46.7 Å². The lowest BCUT2D eigenvalue weighted by atomic mass is 10.1. The van der Waals surface area contributed by atoms with Crippen LogP contribution in [0.3, 0.4) is 0 Å². The van der Waals surface area contributed by atoms with Gasteiger partial charge in [-0.15, -0.1) is 0 Å². The molecule has 2 aromatic heterocycles. The van der Waals surface area contributed by atoms with Gasteiger partial charge >= 0.3 is 0 Å². The van der Waals surface area contributed by atoms with Gasteiger partial charge in [0, 0.05) is 12.2 Å². The Bertz CT molecular complexity index is 966. The number of nitrogens with one attached hydrogen (secondary N) is 1. The highest BCUT2D eigenvalue weighted by Crippen LogP contribution is 2.33. The summed E-state index contributed by atoms with van der Waals surface area (Å²) in [6, 6.07) is 9.70. The molecular formula is C19H20ClN5. The number of hydrogen-bond acceptors (Lipinski definition) is 4. The van der Waals surface area contributed by atoms with Crippen molar-refractivity contribution in [2.24, 2.45) is 0 Å². The van der Waals surface area contributed by atoms with E-state index >= 15 is 0 Å². The molecule has 25 heavy (non-hydrogen) atoms. The number of benzene rings is 1. The van der Waals surface area contributed by atoms with E-state index in [1.807, 2.05) is 16.8 Å². The van der Waals surface area contributed by atoms with Gasteiger partial charge in [-0.3, -0.25) is 0 Å². The van der Waals surface area contributed by atoms with Crippen LogP contribution in [0.5, 0.6) is 0 Å². The zero-order chi connectivity index (χ0) is 18.1. The molecule has 5 nitrogen and oxygen atoms in total. The molecule has 0 aliphatic carbocycles. The lowest BCUT2D eigenvalue weighted by Crippen LogP contribution is -2.13. The fourth-order valence-corrected chi connectivity index (χ4v) is 3.06. The van der Waals surface area contributed by atoms with E-state index in [2.05, 4.69) is 44.1 Å². The first-order chi connectivity index (χ1) is 11.9. The summed E-state index contributed by atoms with van der Waals surface area (Å²) in [5, 5.41) is 18.9. The van der Waals surface area contributed by atoms with Crippen LogP contribution in [0.25, 0.3) is 16.7 Å². The molecule has 1 aromatic carbocycles. The van der Waals surface area contributed by atoms with Gasteiger partial charge in [0.1, 0.15) is 0 Å². The molecule has 0 bridgehead atoms. The zero-order valence-corrected chi connectivity index (χ0v) is 15.5. The highest BCUT2D eigenvalue weighted by atomic mass is 35.5. The van der Waals surface area contributed by atoms with E-state index in [4.69, 9.17) is 16.7 Å². The Hall–Kier alpha value is -2.58. The van der Waals surface area contributed by atoms with E-state index in [1.54, 1.807) is 18.3 Å². The third kappa shape index (κ3) is 3.18. The molecule has 0 saturated carbocycles. The third-order valence-corrected chi connectivity index (χ3v) is 4.20. The Labute approximate surface area is 152 Å². The lowest BCUT2D eigenvalue weighted by Gasteiger charge is -2.15. The number of aromatic nitrogens is 3. The van der Waals surface area contributed by atoms with Crippen molar-refractivity contribution in [2.45, 2.75) is 39.7 Å². The normalized spacial score (nSPS) is 11.3. The van der Waals surface area contributed by atoms with Gasteiger partial charge in [0.25, 0.3) is 0 Å². The van der Waals surface area contributed by atoms with Crippen molar-refractivity contribution >= 4 is 28.3 Å². The van der Waals surface area contributed by atoms with Gasteiger partial charge in [-0.05, 0) is 44.0 Å². The summed E-state index contributed by atoms with van der Waals surface area (Å²) in [5.74, 6) is 0.213. The van der Waals surface area contributed by atoms with E-state index in [0.717, 1.165) is 22.5 Å². The highest BCUT2D eigenvalue weighted by molar-refractivity contribution is 6.35. The summed E-state index contributed by atoms with van der Waals surface area (Å²) in [7, 11) is 0. The van der Waals surface area contributed by atoms with Crippen molar-refractivity contribution in [1.29, 1.82) is 5.26 Å². The number of fused-ring (bicyclic) bond motifs is 1. The molecule has 0 radical (unpaired) electrons. The number of hydrogen-bond donors (Lipinski definition) is 1. The zero-order valence-electron chi connectivity index (χ0n) is 14.7. The van der Waals surface area contributed by atoms with E-state index in [-0.39, 0.29) is 12.0 Å². The standard InChI is InChI=1S/C19H20ClN5/c1-11(2)18-17-14(20)7-8-22-19(17)25(24-18)16-6-5-13(10-21)9-15(16)23-12(3)4/h5-9,11-12,23H,1-4H3. The summed E-state index contributed by atoms with van der Waals surface area (Å²) in [4.78, 5) is 4.51. The Kier molecular flexibility index (Phi) is 4.65. The molecule has 0 atom stereocenters. The van der Waals surface area contributed by atoms with Crippen molar-refractivity contribution < 1.29 is 0 Å². The Morgan fingerprint density at radius 2 is 1.96 bits per heavy atom. The summed E-state index contributed by atoms with van der Waals surface area (Å²) < 4.78 is 1.81. The average molecular weight is 354 g/mol. The number of nitrogens with zero attached hydrogens (tertiary/aromatic N) is 4. The van der Waals surface area contributed by atoms with Crippen LogP contribution in [0.15, 0.2) is 30.5 Å². The van der Waals surface area contributed by atoms with Crippen molar-refractivity contribution in [3.63, 3.8) is 0 Å². The molecule has 2 heterocycles. The fourth-order valence-electron chi connectivity index (χ4n) is 2.82. The van der Waals surface area contributed by atoms with Crippen LogP contribution in [-0.4, -0.2) is 20.8 Å². The molecular weight excluding hydrogens is 334 g/mol. The minimum Gasteiger partial charge on any atom is -0.381 e. The van der Waals surface area contributed by atoms with Crippen LogP contribution in [-0.2, 0) is 0 Å². The van der Waals surface area contributed by atoms with E-state index in [9.17, 15) is 5.26 Å². The SMILES string of the molecule is CC(C)Nc1cc(C#N)ccc1-n1nc(C(C)C)c2c(Cl)ccnc21. The van der Waals surface area contributed by atoms with Crippen LogP contribution in [0.1, 0.15) is 44.9 Å². The quantitative estimate of drug-likeness (QED) is 0.725. The summed E-state index contributed by atoms with van der Waals surface area (Å²) in [5.41, 5.74) is 3.91. The summed E-state index contributed by atoms with van der Waals surface area (Å²) in [6.45, 7) is 8.28. The topological polar surface area (TPSA) is 66.5 Å². The van der Waals surface area contributed by atoms with Gasteiger partial charge in [0.2, 0.25) is 0 Å². The minimum atomic E-state index is 0.213. The van der Waals surface area contributed by atoms with Gasteiger partial charge in [0.15, 0.2) is 5.65 Å². The monoisotopic (exact) mass is 353 g/mol. The molecule has 128 valence electrons. The number of halogens is 1. The molecule has 3 aromatic rings. The van der Waals surface area contributed by atoms with Crippen LogP contribution in [0.2, 0.25) is 5.02 Å². The maximum absolute atomic E-state index is 9.21. The Morgan fingerprint density at radius 1 is 1.20 bits per heavy atom. The second-order valence-electron chi connectivity index (χ2n) is 6.59. The van der Waals surface area contributed by atoms with Gasteiger partial charge in [0.05, 0.1) is 39.1 Å². The minimum absolute atomic E-state index is 0.213. The van der Waals surface area contributed by atoms with Crippen LogP contribution >= 0.6 is 11.6 Å². The summed E-state index contributed by atoms with van der Waals surface area (Å²) in [6.07, 6.45) is 1.69. The van der Waals surface area contributed by atoms with E-state index in [1.165, 1.54) is 0 Å². The Balaban J connectivity index is 2.30. The second-order valence-corrected chi connectivity index (χ2v) is 6.99. The fraction of sp³-hybridized carbons (Fsp3) is 0.316. The van der Waals surface area contributed by atoms with Crippen LogP contribution in [0, 0.1) is 11.3 Å². The first-order valence-corrected chi connectivity index (χ1v) is 8.64. The van der Waals surface area contributed by atoms with Crippen molar-refractivity contribution in [1.82, 2.24) is 14.8 Å². The van der Waals surface area contributed by atoms with Crippen molar-refractivity contribution in [3.8, 4) is 11.8 Å². The maximum Gasteiger partial charge on any atom is 0.164 e. The first-order valence-electron chi connectivity index (χ1n) is 8.26. The maximum atomic E-state index is 9.21. The predicted molar refractivity (Wildman–Crippen MR) is 101 cm³/mol. The van der Waals surface area contributed by atoms with E-state index < -0.39 is 0 Å². The molecule has 3 rings (SSSR count). The van der Waals surface area contributed by atoms with Gasteiger partial charge in [-0.1, -0.05) is 25.4 Å². The third-order valence-electron chi connectivity index (χ3n) is 3.89. The number of nitriles is 1. The number of pyridine rings is 1. The highest BCUT2D eigenvalue weighted by Gasteiger charge is 2.20. The molecule has 0 spiro atoms. The van der Waals surface area contributed by atoms with Gasteiger partial charge in [-0.2, -0.15) is 10.4 Å². The molecule has 0 aliphatic heterocycles. The molecule has 0 fully saturated rings. The summed E-state index contributed by atoms with van der Waals surface area (Å²) >= 11 is 6.43. The van der Waals surface area contributed by atoms with Crippen molar-refractivity contribution in [2.75, 3.05) is 5.32 Å². The molecule has 0 unspecified atom stereocenters. The molecule has 1 N–H and O–H groups in total. The predicted octanol–water partition coefficient (Wildman–Crippen LogP) is 4.89.